The van der Waals surface area contributed by atoms with Crippen LogP contribution in [0.15, 0.2) is 64.2 Å². The molecule has 1 aliphatic heterocycles. The number of carboxylic acids is 1. The Hall–Kier alpha value is -3.78. The van der Waals surface area contributed by atoms with Crippen molar-refractivity contribution >= 4 is 29.1 Å². The molecule has 0 amide bonds. The van der Waals surface area contributed by atoms with Crippen LogP contribution in [0.1, 0.15) is 27.7 Å². The summed E-state index contributed by atoms with van der Waals surface area (Å²) in [5.74, 6) is 0.585. The number of anilines is 2. The van der Waals surface area contributed by atoms with E-state index in [1.807, 2.05) is 29.2 Å². The minimum atomic E-state index is -1.04. The molecule has 4 rings (SSSR count). The predicted octanol–water partition coefficient (Wildman–Crippen LogP) is 3.58. The Bertz CT molecular complexity index is 1090. The summed E-state index contributed by atoms with van der Waals surface area (Å²) in [7, 11) is 3.28. The summed E-state index contributed by atoms with van der Waals surface area (Å²) >= 11 is 0. The van der Waals surface area contributed by atoms with E-state index in [0.717, 1.165) is 11.3 Å². The lowest BCUT2D eigenvalue weighted by Gasteiger charge is -2.34. The molecule has 2 heterocycles. The molecule has 3 aromatic rings. The number of nitrogens with one attached hydrogen (secondary N) is 1. The number of furan rings is 1. The van der Waals surface area contributed by atoms with Crippen LogP contribution in [0.4, 0.5) is 17.3 Å². The van der Waals surface area contributed by atoms with Gasteiger partial charge < -0.3 is 30.2 Å². The van der Waals surface area contributed by atoms with Gasteiger partial charge in [0.2, 0.25) is 5.88 Å². The maximum atomic E-state index is 11.7. The van der Waals surface area contributed by atoms with Crippen LogP contribution in [-0.2, 0) is 0 Å². The van der Waals surface area contributed by atoms with E-state index in [1.165, 1.54) is 6.26 Å². The van der Waals surface area contributed by atoms with Gasteiger partial charge in [-0.2, -0.15) is 4.99 Å². The minimum absolute atomic E-state index is 0.140. The average molecular weight is 392 g/mol. The zero-order valence-corrected chi connectivity index (χ0v) is 15.9. The summed E-state index contributed by atoms with van der Waals surface area (Å²) in [6, 6.07) is 14.3. The molecule has 1 atom stereocenters. The molecule has 0 saturated heterocycles. The van der Waals surface area contributed by atoms with Gasteiger partial charge in [0.25, 0.3) is 0 Å². The van der Waals surface area contributed by atoms with E-state index in [-0.39, 0.29) is 5.56 Å². The van der Waals surface area contributed by atoms with Crippen molar-refractivity contribution in [3.05, 3.63) is 71.5 Å². The Morgan fingerprint density at radius 1 is 1.24 bits per heavy atom. The number of hydrogen-bond donors (Lipinski definition) is 3. The number of methoxy groups -OCH3 is 1. The summed E-state index contributed by atoms with van der Waals surface area (Å²) in [4.78, 5) is 18.2. The van der Waals surface area contributed by atoms with Crippen molar-refractivity contribution in [3.8, 4) is 5.75 Å². The average Bonchev–Trinajstić information content (AvgIpc) is 3.22. The number of benzene rings is 2. The van der Waals surface area contributed by atoms with Crippen LogP contribution in [0.25, 0.3) is 0 Å². The third-order valence-electron chi connectivity index (χ3n) is 4.83. The Morgan fingerprint density at radius 2 is 2.00 bits per heavy atom. The van der Waals surface area contributed by atoms with Crippen molar-refractivity contribution in [3.63, 3.8) is 0 Å². The van der Waals surface area contributed by atoms with Gasteiger partial charge in [-0.25, -0.2) is 4.79 Å². The summed E-state index contributed by atoms with van der Waals surface area (Å²) in [5.41, 5.74) is 9.34. The molecule has 1 aliphatic rings. The van der Waals surface area contributed by atoms with E-state index in [0.29, 0.717) is 28.7 Å². The van der Waals surface area contributed by atoms with Crippen LogP contribution >= 0.6 is 0 Å². The van der Waals surface area contributed by atoms with Gasteiger partial charge in [-0.1, -0.05) is 0 Å². The molecule has 1 aromatic heterocycles. The molecule has 29 heavy (non-hydrogen) atoms. The Labute approximate surface area is 167 Å². The fourth-order valence-corrected chi connectivity index (χ4v) is 3.36. The first-order valence-corrected chi connectivity index (χ1v) is 8.94. The van der Waals surface area contributed by atoms with Gasteiger partial charge in [0.05, 0.1) is 24.5 Å². The van der Waals surface area contributed by atoms with Gasteiger partial charge in [0.15, 0.2) is 0 Å². The third kappa shape index (κ3) is 3.19. The fourth-order valence-electron chi connectivity index (χ4n) is 3.36. The van der Waals surface area contributed by atoms with Crippen molar-refractivity contribution in [1.29, 1.82) is 0 Å². The number of rotatable bonds is 5. The molecule has 8 heteroatoms. The highest BCUT2D eigenvalue weighted by molar-refractivity contribution is 6.13. The monoisotopic (exact) mass is 392 g/mol. The van der Waals surface area contributed by atoms with Crippen LogP contribution in [0, 0.1) is 0 Å². The number of carboxylic acid groups (broad SMARTS) is 1. The predicted molar refractivity (Wildman–Crippen MR) is 110 cm³/mol. The minimum Gasteiger partial charge on any atom is -0.497 e. The van der Waals surface area contributed by atoms with Crippen molar-refractivity contribution in [2.75, 3.05) is 24.4 Å². The lowest BCUT2D eigenvalue weighted by atomic mass is 10.0. The molecular formula is C21H20N4O4. The van der Waals surface area contributed by atoms with Crippen LogP contribution in [0.5, 0.6) is 5.75 Å². The molecule has 0 saturated carbocycles. The first-order valence-electron chi connectivity index (χ1n) is 8.94. The van der Waals surface area contributed by atoms with E-state index in [2.05, 4.69) is 10.3 Å². The molecule has 0 spiro atoms. The summed E-state index contributed by atoms with van der Waals surface area (Å²) in [6.07, 6.45) is 0.984. The highest BCUT2D eigenvalue weighted by atomic mass is 16.5. The van der Waals surface area contributed by atoms with Gasteiger partial charge in [0.1, 0.15) is 17.8 Å². The number of nitrogens with two attached hydrogens (primary N) is 1. The van der Waals surface area contributed by atoms with Gasteiger partial charge in [0, 0.05) is 24.0 Å². The number of amidine groups is 1. The van der Waals surface area contributed by atoms with Crippen LogP contribution < -0.4 is 20.7 Å². The van der Waals surface area contributed by atoms with Crippen molar-refractivity contribution in [2.45, 2.75) is 6.17 Å². The molecule has 148 valence electrons. The zero-order chi connectivity index (χ0) is 20.5. The number of aliphatic imine (C=N–C) groups is 1. The molecule has 1 unspecified atom stereocenters. The van der Waals surface area contributed by atoms with E-state index >= 15 is 0 Å². The molecule has 4 N–H and O–H groups in total. The van der Waals surface area contributed by atoms with E-state index < -0.39 is 12.1 Å². The lowest BCUT2D eigenvalue weighted by molar-refractivity contribution is 0.0698. The highest BCUT2D eigenvalue weighted by Gasteiger charge is 2.32. The van der Waals surface area contributed by atoms with Crippen molar-refractivity contribution in [2.24, 2.45) is 10.7 Å². The van der Waals surface area contributed by atoms with E-state index in [4.69, 9.17) is 14.9 Å². The van der Waals surface area contributed by atoms with Crippen LogP contribution in [-0.4, -0.2) is 31.1 Å². The second-order valence-electron chi connectivity index (χ2n) is 6.44. The van der Waals surface area contributed by atoms with Gasteiger partial charge in [-0.3, -0.25) is 0 Å². The standard InChI is InChI=1S/C21H20N4O4/c1-23-17-8-3-12(11-16(17)21(26)27)19-24-20-15(9-10-29-20)18(22)25(19)13-4-6-14(28-2)7-5-13/h3-11,18,23H,22H2,1-2H3,(H,26,27). The molecule has 0 radical (unpaired) electrons. The van der Waals surface area contributed by atoms with Crippen molar-refractivity contribution in [1.82, 2.24) is 0 Å². The summed E-state index contributed by atoms with van der Waals surface area (Å²) in [6.45, 7) is 0. The van der Waals surface area contributed by atoms with Crippen molar-refractivity contribution < 1.29 is 19.1 Å². The number of ether oxygens (including phenoxy) is 1. The fraction of sp³-hybridized carbons (Fsp3) is 0.143. The molecule has 2 aromatic carbocycles. The zero-order valence-electron chi connectivity index (χ0n) is 15.9. The second kappa shape index (κ2) is 7.33. The number of hydrogen-bond acceptors (Lipinski definition) is 7. The molecule has 0 bridgehead atoms. The largest absolute Gasteiger partial charge is 0.497 e. The van der Waals surface area contributed by atoms with Gasteiger partial charge in [-0.15, -0.1) is 0 Å². The Kier molecular flexibility index (Phi) is 4.69. The first kappa shape index (κ1) is 18.6. The second-order valence-corrected chi connectivity index (χ2v) is 6.44. The molecule has 0 fully saturated rings. The normalized spacial score (nSPS) is 15.5. The van der Waals surface area contributed by atoms with Gasteiger partial charge in [-0.05, 0) is 48.5 Å². The smallest absolute Gasteiger partial charge is 0.337 e. The topological polar surface area (TPSA) is 113 Å². The molecule has 0 aliphatic carbocycles. The van der Waals surface area contributed by atoms with Gasteiger partial charge >= 0.3 is 5.97 Å². The third-order valence-corrected chi connectivity index (χ3v) is 4.83. The number of fused-ring (bicyclic) bond motifs is 1. The lowest BCUT2D eigenvalue weighted by Crippen LogP contribution is -2.42. The number of aromatic carboxylic acids is 1. The number of carbonyl (C=O) groups is 1. The maximum absolute atomic E-state index is 11.7. The molecule has 8 nitrogen and oxygen atoms in total. The Balaban J connectivity index is 1.88. The maximum Gasteiger partial charge on any atom is 0.337 e. The first-order chi connectivity index (χ1) is 14.0. The Morgan fingerprint density at radius 3 is 2.66 bits per heavy atom. The number of nitrogens with zero attached hydrogens (tertiary/aromatic N) is 2. The summed E-state index contributed by atoms with van der Waals surface area (Å²) < 4.78 is 10.7. The van der Waals surface area contributed by atoms with E-state index in [1.54, 1.807) is 38.4 Å². The quantitative estimate of drug-likeness (QED) is 0.608. The summed E-state index contributed by atoms with van der Waals surface area (Å²) in [5, 5.41) is 12.5. The van der Waals surface area contributed by atoms with Crippen LogP contribution in [0.3, 0.4) is 0 Å². The highest BCUT2D eigenvalue weighted by Crippen LogP contribution is 2.38. The van der Waals surface area contributed by atoms with Crippen LogP contribution in [0.2, 0.25) is 0 Å². The SMILES string of the molecule is CNc1ccc(C2=Nc3occc3C(N)N2c2ccc(OC)cc2)cc1C(=O)O. The molecular weight excluding hydrogens is 372 g/mol. The van der Waals surface area contributed by atoms with E-state index in [9.17, 15) is 9.90 Å².